The van der Waals surface area contributed by atoms with E-state index in [-0.39, 0.29) is 23.9 Å². The number of carbonyl (C=O) groups is 1. The van der Waals surface area contributed by atoms with Crippen molar-refractivity contribution in [2.45, 2.75) is 38.8 Å². The van der Waals surface area contributed by atoms with Crippen molar-refractivity contribution in [2.75, 3.05) is 12.8 Å². The number of esters is 1. The number of hydrogen-bond donors (Lipinski definition) is 2. The summed E-state index contributed by atoms with van der Waals surface area (Å²) in [4.78, 5) is 16.1. The van der Waals surface area contributed by atoms with Crippen LogP contribution in [0.4, 0.5) is 5.13 Å². The Morgan fingerprint density at radius 3 is 2.78 bits per heavy atom. The highest BCUT2D eigenvalue weighted by Gasteiger charge is 2.19. The number of anilines is 1. The predicted octanol–water partition coefficient (Wildman–Crippen LogP) is 1.97. The first kappa shape index (κ1) is 17.2. The molecule has 1 aromatic heterocycles. The summed E-state index contributed by atoms with van der Waals surface area (Å²) in [7, 11) is 1.41. The van der Waals surface area contributed by atoms with Crippen LogP contribution in [-0.2, 0) is 16.1 Å². The number of aromatic nitrogens is 1. The number of nitrogen functional groups attached to an aromatic ring is 1. The highest BCUT2D eigenvalue weighted by molar-refractivity contribution is 7.15. The van der Waals surface area contributed by atoms with Crippen molar-refractivity contribution in [3.8, 4) is 0 Å². The van der Waals surface area contributed by atoms with Crippen molar-refractivity contribution in [1.29, 1.82) is 0 Å². The highest BCUT2D eigenvalue weighted by atomic mass is 35.5. The fourth-order valence-electron chi connectivity index (χ4n) is 1.34. The van der Waals surface area contributed by atoms with Crippen LogP contribution in [-0.4, -0.2) is 23.6 Å². The largest absolute Gasteiger partial charge is 0.469 e. The predicted molar refractivity (Wildman–Crippen MR) is 75.9 cm³/mol. The Morgan fingerprint density at radius 2 is 2.28 bits per heavy atom. The van der Waals surface area contributed by atoms with E-state index in [1.54, 1.807) is 6.20 Å². The molecule has 0 spiro atoms. The first-order chi connectivity index (χ1) is 7.93. The molecule has 0 saturated heterocycles. The van der Waals surface area contributed by atoms with Crippen molar-refractivity contribution < 1.29 is 9.53 Å². The maximum absolute atomic E-state index is 11.1. The van der Waals surface area contributed by atoms with Gasteiger partial charge in [-0.25, -0.2) is 4.98 Å². The fraction of sp³-hybridized carbons (Fsp3) is 0.636. The number of nitrogens with one attached hydrogen (secondary N) is 1. The summed E-state index contributed by atoms with van der Waals surface area (Å²) >= 11 is 1.47. The van der Waals surface area contributed by atoms with Gasteiger partial charge in [-0.3, -0.25) is 4.79 Å². The zero-order valence-electron chi connectivity index (χ0n) is 10.9. The molecule has 0 saturated carbocycles. The number of nitrogens with zero attached hydrogens (tertiary/aromatic N) is 1. The lowest BCUT2D eigenvalue weighted by Gasteiger charge is -2.25. The van der Waals surface area contributed by atoms with Gasteiger partial charge in [-0.1, -0.05) is 0 Å². The number of rotatable bonds is 6. The summed E-state index contributed by atoms with van der Waals surface area (Å²) in [6, 6.07) is 0. The highest BCUT2D eigenvalue weighted by Crippen LogP contribution is 2.17. The molecule has 0 fully saturated rings. The number of thiazole rings is 1. The Morgan fingerprint density at radius 1 is 1.61 bits per heavy atom. The van der Waals surface area contributed by atoms with E-state index in [4.69, 9.17) is 5.73 Å². The maximum atomic E-state index is 11.1. The van der Waals surface area contributed by atoms with Crippen LogP contribution in [0.5, 0.6) is 0 Å². The second-order valence-corrected chi connectivity index (χ2v) is 5.63. The van der Waals surface area contributed by atoms with Crippen molar-refractivity contribution in [2.24, 2.45) is 0 Å². The molecule has 0 aromatic carbocycles. The third kappa shape index (κ3) is 6.18. The van der Waals surface area contributed by atoms with Crippen LogP contribution in [0, 0.1) is 0 Å². The van der Waals surface area contributed by atoms with E-state index in [1.807, 2.05) is 0 Å². The SMILES string of the molecule is COC(=O)CCC(C)(C)NCc1cnc(N)s1.Cl. The van der Waals surface area contributed by atoms with Gasteiger partial charge in [0.15, 0.2) is 5.13 Å². The molecule has 18 heavy (non-hydrogen) atoms. The molecular weight excluding hydrogens is 274 g/mol. The molecule has 0 bridgehead atoms. The molecule has 1 heterocycles. The van der Waals surface area contributed by atoms with E-state index in [0.29, 0.717) is 18.1 Å². The van der Waals surface area contributed by atoms with Crippen molar-refractivity contribution in [3.63, 3.8) is 0 Å². The molecule has 5 nitrogen and oxygen atoms in total. The minimum atomic E-state index is -0.179. The lowest BCUT2D eigenvalue weighted by Crippen LogP contribution is -2.39. The molecular formula is C11H20ClN3O2S. The quantitative estimate of drug-likeness (QED) is 0.784. The van der Waals surface area contributed by atoms with Gasteiger partial charge in [0.05, 0.1) is 7.11 Å². The standard InChI is InChI=1S/C11H19N3O2S.ClH/c1-11(2,5-4-9(15)16-3)14-7-8-6-13-10(12)17-8;/h6,14H,4-5,7H2,1-3H3,(H2,12,13);1H. The van der Waals surface area contributed by atoms with Crippen LogP contribution in [0.3, 0.4) is 0 Å². The lowest BCUT2D eigenvalue weighted by atomic mass is 9.98. The van der Waals surface area contributed by atoms with Crippen LogP contribution in [0.1, 0.15) is 31.6 Å². The van der Waals surface area contributed by atoms with Crippen molar-refractivity contribution in [1.82, 2.24) is 10.3 Å². The Labute approximate surface area is 118 Å². The number of ether oxygens (including phenoxy) is 1. The van der Waals surface area contributed by atoms with Crippen molar-refractivity contribution in [3.05, 3.63) is 11.1 Å². The monoisotopic (exact) mass is 293 g/mol. The molecule has 0 atom stereocenters. The molecule has 3 N–H and O–H groups in total. The Kier molecular flexibility index (Phi) is 7.20. The maximum Gasteiger partial charge on any atom is 0.305 e. The number of hydrogen-bond acceptors (Lipinski definition) is 6. The summed E-state index contributed by atoms with van der Waals surface area (Å²) in [6.07, 6.45) is 2.92. The Balaban J connectivity index is 0.00000289. The van der Waals surface area contributed by atoms with Crippen molar-refractivity contribution >= 4 is 34.8 Å². The minimum Gasteiger partial charge on any atom is -0.469 e. The molecule has 0 unspecified atom stereocenters. The smallest absolute Gasteiger partial charge is 0.305 e. The lowest BCUT2D eigenvalue weighted by molar-refractivity contribution is -0.141. The summed E-state index contributed by atoms with van der Waals surface area (Å²) in [6.45, 7) is 4.82. The van der Waals surface area contributed by atoms with E-state index in [9.17, 15) is 4.79 Å². The normalized spacial score (nSPS) is 10.8. The molecule has 0 aliphatic carbocycles. The summed E-state index contributed by atoms with van der Waals surface area (Å²) < 4.78 is 4.62. The van der Waals surface area contributed by atoms with Gasteiger partial charge in [-0.05, 0) is 20.3 Å². The van der Waals surface area contributed by atoms with Gasteiger partial charge in [0, 0.05) is 29.6 Å². The number of nitrogens with two attached hydrogens (primary N) is 1. The van der Waals surface area contributed by atoms with Gasteiger partial charge in [0.1, 0.15) is 0 Å². The van der Waals surface area contributed by atoms with Gasteiger partial charge in [-0.2, -0.15) is 0 Å². The molecule has 1 aromatic rings. The van der Waals surface area contributed by atoms with E-state index >= 15 is 0 Å². The van der Waals surface area contributed by atoms with Crippen LogP contribution >= 0.6 is 23.7 Å². The van der Waals surface area contributed by atoms with E-state index in [2.05, 4.69) is 28.9 Å². The van der Waals surface area contributed by atoms with Crippen LogP contribution in [0.2, 0.25) is 0 Å². The summed E-state index contributed by atoms with van der Waals surface area (Å²) in [5.41, 5.74) is 5.43. The van der Waals surface area contributed by atoms with E-state index < -0.39 is 0 Å². The second-order valence-electron chi connectivity index (χ2n) is 4.48. The van der Waals surface area contributed by atoms with Crippen LogP contribution in [0.25, 0.3) is 0 Å². The van der Waals surface area contributed by atoms with Gasteiger partial charge in [0.25, 0.3) is 0 Å². The zero-order chi connectivity index (χ0) is 12.9. The molecule has 0 aliphatic rings. The first-order valence-electron chi connectivity index (χ1n) is 5.45. The second kappa shape index (κ2) is 7.56. The topological polar surface area (TPSA) is 77.2 Å². The van der Waals surface area contributed by atoms with Crippen LogP contribution in [0.15, 0.2) is 6.20 Å². The molecule has 104 valence electrons. The number of halogens is 1. The Hall–Kier alpha value is -0.850. The van der Waals surface area contributed by atoms with Gasteiger partial charge < -0.3 is 15.8 Å². The molecule has 0 radical (unpaired) electrons. The van der Waals surface area contributed by atoms with Crippen LogP contribution < -0.4 is 11.1 Å². The molecule has 0 aliphatic heterocycles. The number of carbonyl (C=O) groups excluding carboxylic acids is 1. The van der Waals surface area contributed by atoms with Gasteiger partial charge >= 0.3 is 5.97 Å². The summed E-state index contributed by atoms with van der Waals surface area (Å²) in [5.74, 6) is -0.179. The third-order valence-electron chi connectivity index (χ3n) is 2.49. The first-order valence-corrected chi connectivity index (χ1v) is 6.26. The Bertz CT molecular complexity index is 382. The van der Waals surface area contributed by atoms with E-state index in [1.165, 1.54) is 18.4 Å². The molecule has 0 amide bonds. The third-order valence-corrected chi connectivity index (χ3v) is 3.32. The number of methoxy groups -OCH3 is 1. The van der Waals surface area contributed by atoms with Gasteiger partial charge in [-0.15, -0.1) is 23.7 Å². The van der Waals surface area contributed by atoms with Gasteiger partial charge in [0.2, 0.25) is 0 Å². The molecule has 7 heteroatoms. The zero-order valence-corrected chi connectivity index (χ0v) is 12.5. The minimum absolute atomic E-state index is 0. The average Bonchev–Trinajstić information content (AvgIpc) is 2.70. The average molecular weight is 294 g/mol. The fourth-order valence-corrected chi connectivity index (χ4v) is 1.96. The van der Waals surface area contributed by atoms with E-state index in [0.717, 1.165) is 11.3 Å². The summed E-state index contributed by atoms with van der Waals surface area (Å²) in [5, 5.41) is 3.95. The molecule has 1 rings (SSSR count).